The number of benzene rings is 2. The first kappa shape index (κ1) is 24.4. The molecule has 3 aromatic rings. The summed E-state index contributed by atoms with van der Waals surface area (Å²) >= 11 is 0. The quantitative estimate of drug-likeness (QED) is 0.485. The lowest BCUT2D eigenvalue weighted by Crippen LogP contribution is -2.41. The van der Waals surface area contributed by atoms with Crippen molar-refractivity contribution in [2.24, 2.45) is 0 Å². The highest BCUT2D eigenvalue weighted by molar-refractivity contribution is 5.89. The Labute approximate surface area is 204 Å². The van der Waals surface area contributed by atoms with E-state index in [-0.39, 0.29) is 18.1 Å². The molecule has 9 heteroatoms. The maximum absolute atomic E-state index is 13.2. The summed E-state index contributed by atoms with van der Waals surface area (Å²) in [5, 5.41) is 3.76. The van der Waals surface area contributed by atoms with Crippen LogP contribution in [0.1, 0.15) is 19.4 Å². The second kappa shape index (κ2) is 11.1. The van der Waals surface area contributed by atoms with Crippen molar-refractivity contribution in [3.63, 3.8) is 0 Å². The molecule has 0 bridgehead atoms. The monoisotopic (exact) mass is 480 g/mol. The van der Waals surface area contributed by atoms with E-state index in [4.69, 9.17) is 14.2 Å². The van der Waals surface area contributed by atoms with Crippen LogP contribution in [0, 0.1) is 0 Å². The Morgan fingerprint density at radius 1 is 1.03 bits per heavy atom. The second-order valence-corrected chi connectivity index (χ2v) is 8.31. The van der Waals surface area contributed by atoms with E-state index in [1.807, 2.05) is 12.1 Å². The van der Waals surface area contributed by atoms with Crippen LogP contribution in [0.5, 0.6) is 17.2 Å². The van der Waals surface area contributed by atoms with Gasteiger partial charge in [-0.05, 0) is 49.5 Å². The van der Waals surface area contributed by atoms with Gasteiger partial charge in [-0.15, -0.1) is 0 Å². The van der Waals surface area contributed by atoms with Gasteiger partial charge in [-0.2, -0.15) is 0 Å². The lowest BCUT2D eigenvalue weighted by atomic mass is 10.1. The molecule has 0 radical (unpaired) electrons. The molecular weight excluding hydrogens is 448 g/mol. The first-order chi connectivity index (χ1) is 17.0. The topological polar surface area (TPSA) is 96.1 Å². The molecule has 0 saturated heterocycles. The number of fused-ring (bicyclic) bond motifs is 2. The third-order valence-electron chi connectivity index (χ3n) is 6.15. The highest BCUT2D eigenvalue weighted by atomic mass is 16.6. The van der Waals surface area contributed by atoms with E-state index in [1.165, 1.54) is 0 Å². The number of hydrogen-bond acceptors (Lipinski definition) is 6. The number of nitrogens with zero attached hydrogens (tertiary/aromatic N) is 2. The fourth-order valence-corrected chi connectivity index (χ4v) is 4.04. The van der Waals surface area contributed by atoms with Crippen LogP contribution in [0.25, 0.3) is 10.9 Å². The number of amides is 2. The van der Waals surface area contributed by atoms with E-state index in [9.17, 15) is 9.59 Å². The van der Waals surface area contributed by atoms with Gasteiger partial charge in [0.15, 0.2) is 11.5 Å². The number of anilines is 1. The Balaban J connectivity index is 1.58. The van der Waals surface area contributed by atoms with E-state index in [0.717, 1.165) is 18.5 Å². The predicted molar refractivity (Wildman–Crippen MR) is 136 cm³/mol. The second-order valence-electron chi connectivity index (χ2n) is 8.31. The van der Waals surface area contributed by atoms with Crippen molar-refractivity contribution in [3.8, 4) is 17.2 Å². The van der Waals surface area contributed by atoms with Crippen LogP contribution in [-0.4, -0.2) is 67.3 Å². The van der Waals surface area contributed by atoms with Crippen LogP contribution in [0.2, 0.25) is 0 Å². The number of H-pyrrole nitrogens is 1. The number of urea groups is 1. The molecule has 2 heterocycles. The van der Waals surface area contributed by atoms with Gasteiger partial charge in [0.25, 0.3) is 5.56 Å². The third kappa shape index (κ3) is 5.86. The van der Waals surface area contributed by atoms with Crippen molar-refractivity contribution in [3.05, 3.63) is 58.4 Å². The molecule has 0 aliphatic carbocycles. The Morgan fingerprint density at radius 2 is 1.71 bits per heavy atom. The van der Waals surface area contributed by atoms with Crippen molar-refractivity contribution in [2.75, 3.05) is 51.8 Å². The van der Waals surface area contributed by atoms with Gasteiger partial charge in [0, 0.05) is 35.8 Å². The zero-order valence-electron chi connectivity index (χ0n) is 20.4. The van der Waals surface area contributed by atoms with Crippen LogP contribution in [0.15, 0.2) is 47.3 Å². The number of methoxy groups -OCH3 is 1. The zero-order valence-corrected chi connectivity index (χ0v) is 20.4. The average Bonchev–Trinajstić information content (AvgIpc) is 2.88. The minimum atomic E-state index is -0.274. The normalized spacial score (nSPS) is 12.6. The van der Waals surface area contributed by atoms with Crippen LogP contribution in [-0.2, 0) is 6.54 Å². The molecule has 2 aromatic carbocycles. The summed E-state index contributed by atoms with van der Waals surface area (Å²) in [7, 11) is 1.60. The average molecular weight is 481 g/mol. The summed E-state index contributed by atoms with van der Waals surface area (Å²) in [6.07, 6.45) is 0. The fraction of sp³-hybridized carbons (Fsp3) is 0.385. The maximum Gasteiger partial charge on any atom is 0.322 e. The fourth-order valence-electron chi connectivity index (χ4n) is 4.04. The Morgan fingerprint density at radius 3 is 2.37 bits per heavy atom. The molecule has 4 rings (SSSR count). The lowest BCUT2D eigenvalue weighted by Gasteiger charge is -2.27. The van der Waals surface area contributed by atoms with Gasteiger partial charge in [-0.1, -0.05) is 13.8 Å². The van der Waals surface area contributed by atoms with Crippen molar-refractivity contribution < 1.29 is 19.0 Å². The van der Waals surface area contributed by atoms with Crippen molar-refractivity contribution in [2.45, 2.75) is 20.4 Å². The molecule has 0 atom stereocenters. The Bertz CT molecular complexity index is 1220. The maximum atomic E-state index is 13.2. The summed E-state index contributed by atoms with van der Waals surface area (Å²) in [4.78, 5) is 33.0. The summed E-state index contributed by atoms with van der Waals surface area (Å²) in [5.74, 6) is 1.98. The number of hydrogen-bond donors (Lipinski definition) is 2. The van der Waals surface area contributed by atoms with Gasteiger partial charge in [0.05, 0.1) is 19.2 Å². The van der Waals surface area contributed by atoms with E-state index < -0.39 is 0 Å². The smallest absolute Gasteiger partial charge is 0.322 e. The largest absolute Gasteiger partial charge is 0.497 e. The lowest BCUT2D eigenvalue weighted by molar-refractivity contribution is 0.172. The predicted octanol–water partition coefficient (Wildman–Crippen LogP) is 3.68. The molecular formula is C26H32N4O5. The zero-order chi connectivity index (χ0) is 24.8. The van der Waals surface area contributed by atoms with Crippen molar-refractivity contribution in [1.82, 2.24) is 14.8 Å². The number of carbonyl (C=O) groups is 1. The van der Waals surface area contributed by atoms with E-state index in [0.29, 0.717) is 60.3 Å². The first-order valence-electron chi connectivity index (χ1n) is 11.9. The summed E-state index contributed by atoms with van der Waals surface area (Å²) in [5.41, 5.74) is 1.58. The number of likely N-dealkylation sites (N-methyl/N-ethyl adjacent to an activating group) is 1. The van der Waals surface area contributed by atoms with Gasteiger partial charge in [-0.25, -0.2) is 4.79 Å². The Kier molecular flexibility index (Phi) is 7.77. The number of rotatable bonds is 9. The van der Waals surface area contributed by atoms with Crippen molar-refractivity contribution in [1.29, 1.82) is 0 Å². The minimum Gasteiger partial charge on any atom is -0.497 e. The summed E-state index contributed by atoms with van der Waals surface area (Å²) in [6, 6.07) is 12.3. The summed E-state index contributed by atoms with van der Waals surface area (Å²) in [6.45, 7) is 8.25. The van der Waals surface area contributed by atoms with Crippen LogP contribution >= 0.6 is 0 Å². The molecule has 186 valence electrons. The van der Waals surface area contributed by atoms with Crippen LogP contribution in [0.4, 0.5) is 10.5 Å². The molecule has 0 spiro atoms. The van der Waals surface area contributed by atoms with Crippen molar-refractivity contribution >= 4 is 22.6 Å². The van der Waals surface area contributed by atoms with Gasteiger partial charge >= 0.3 is 6.03 Å². The number of pyridine rings is 1. The molecule has 1 aliphatic heterocycles. The van der Waals surface area contributed by atoms with Gasteiger partial charge < -0.3 is 34.3 Å². The number of aromatic amines is 1. The molecule has 2 amide bonds. The molecule has 0 unspecified atom stereocenters. The number of nitrogens with one attached hydrogen (secondary N) is 2. The molecule has 9 nitrogen and oxygen atoms in total. The van der Waals surface area contributed by atoms with Gasteiger partial charge in [0.2, 0.25) is 0 Å². The molecule has 1 aliphatic rings. The van der Waals surface area contributed by atoms with E-state index in [1.54, 1.807) is 42.3 Å². The minimum absolute atomic E-state index is 0.170. The van der Waals surface area contributed by atoms with Crippen LogP contribution in [0.3, 0.4) is 0 Å². The van der Waals surface area contributed by atoms with E-state index in [2.05, 4.69) is 29.0 Å². The standard InChI is InChI=1S/C26H32N4O5/c1-4-29(5-2)10-11-30(26(32)27-20-6-8-21(33-3)9-7-20)17-19-14-18-15-23-24(35-13-12-34-23)16-22(18)28-25(19)31/h6-9,14-16H,4-5,10-13,17H2,1-3H3,(H,27,32)(H,28,31). The molecule has 2 N–H and O–H groups in total. The van der Waals surface area contributed by atoms with Gasteiger partial charge in [-0.3, -0.25) is 4.79 Å². The molecule has 0 saturated carbocycles. The molecule has 1 aromatic heterocycles. The van der Waals surface area contributed by atoms with E-state index >= 15 is 0 Å². The number of aromatic nitrogens is 1. The molecule has 0 fully saturated rings. The van der Waals surface area contributed by atoms with Gasteiger partial charge in [0.1, 0.15) is 19.0 Å². The highest BCUT2D eigenvalue weighted by Gasteiger charge is 2.19. The number of carbonyl (C=O) groups excluding carboxylic acids is 1. The summed E-state index contributed by atoms with van der Waals surface area (Å²) < 4.78 is 16.5. The van der Waals surface area contributed by atoms with Crippen LogP contribution < -0.4 is 25.1 Å². The molecule has 35 heavy (non-hydrogen) atoms. The third-order valence-corrected chi connectivity index (χ3v) is 6.15. The SMILES string of the molecule is CCN(CC)CCN(Cc1cc2cc3c(cc2[nH]c1=O)OCCO3)C(=O)Nc1ccc(OC)cc1. The number of ether oxygens (including phenoxy) is 3. The first-order valence-corrected chi connectivity index (χ1v) is 11.9. The Hall–Kier alpha value is -3.72. The highest BCUT2D eigenvalue weighted by Crippen LogP contribution is 2.33.